The summed E-state index contributed by atoms with van der Waals surface area (Å²) in [6, 6.07) is 6.78. The van der Waals surface area contributed by atoms with Crippen molar-refractivity contribution in [3.05, 3.63) is 51.5 Å². The molecular weight excluding hydrogens is 548 g/mol. The second kappa shape index (κ2) is 9.62. The Morgan fingerprint density at radius 1 is 1.35 bits per heavy atom. The molecule has 2 aliphatic heterocycles. The van der Waals surface area contributed by atoms with E-state index in [4.69, 9.17) is 11.6 Å². The lowest BCUT2D eigenvalue weighted by atomic mass is 9.81. The molecule has 0 bridgehead atoms. The summed E-state index contributed by atoms with van der Waals surface area (Å²) < 4.78 is 18.1. The molecule has 2 saturated heterocycles. The number of amides is 1. The molecule has 3 aromatic rings. The Kier molecular flexibility index (Phi) is 7.13. The Hall–Kier alpha value is -1.91. The van der Waals surface area contributed by atoms with E-state index >= 15 is 4.39 Å². The minimum Gasteiger partial charge on any atom is -0.385 e. The molecule has 0 aliphatic carbocycles. The molecule has 0 radical (unpaired) electrons. The van der Waals surface area contributed by atoms with Crippen LogP contribution in [0.5, 0.6) is 0 Å². The summed E-state index contributed by atoms with van der Waals surface area (Å²) in [6.45, 7) is 1.27. The van der Waals surface area contributed by atoms with Gasteiger partial charge in [-0.3, -0.25) is 4.79 Å². The predicted octanol–water partition coefficient (Wildman–Crippen LogP) is 4.62. The van der Waals surface area contributed by atoms with Crippen LogP contribution in [0.4, 0.5) is 15.8 Å². The molecule has 3 heterocycles. The van der Waals surface area contributed by atoms with Crippen molar-refractivity contribution in [2.75, 3.05) is 25.0 Å². The van der Waals surface area contributed by atoms with Gasteiger partial charge in [-0.2, -0.15) is 0 Å². The van der Waals surface area contributed by atoms with E-state index in [0.717, 1.165) is 30.3 Å². The number of carbonyl (C=O) groups excluding carboxylic acids is 1. The van der Waals surface area contributed by atoms with Crippen LogP contribution in [0, 0.1) is 5.82 Å². The minimum absolute atomic E-state index is 0. The number of halogens is 4. The number of fused-ring (bicyclic) bond motifs is 1. The number of β-amino-alcohol motifs (C(OH)–C–C–N with tert-alkyl or cyclic N) is 1. The molecule has 1 amide bonds. The molecule has 0 spiro atoms. The molecule has 7 nitrogen and oxygen atoms in total. The fraction of sp³-hybridized carbons (Fsp3) is 0.391. The molecule has 1 aromatic heterocycles. The smallest absolute Gasteiger partial charge is 0.256 e. The van der Waals surface area contributed by atoms with Crippen molar-refractivity contribution < 1.29 is 14.3 Å². The van der Waals surface area contributed by atoms with Crippen molar-refractivity contribution in [2.45, 2.75) is 30.9 Å². The fourth-order valence-corrected chi connectivity index (χ4v) is 5.42. The zero-order valence-electron chi connectivity index (χ0n) is 18.4. The highest BCUT2D eigenvalue weighted by Gasteiger charge is 2.49. The number of benzene rings is 2. The average molecular weight is 573 g/mol. The van der Waals surface area contributed by atoms with Gasteiger partial charge in [-0.05, 0) is 43.7 Å². The number of hydrogen-bond donors (Lipinski definition) is 3. The molecular formula is C23H25BrCl2FN5O2. The SMILES string of the molecule is Cl.Cn1cnc2c(F)c(Nc3ccc(Br)cc3Cl)c(C(=O)N3CC(O)([C@@H]4CCCCN4)C3)cc21. The van der Waals surface area contributed by atoms with Crippen LogP contribution in [-0.2, 0) is 7.05 Å². The van der Waals surface area contributed by atoms with E-state index in [1.165, 1.54) is 6.33 Å². The van der Waals surface area contributed by atoms with Crippen molar-refractivity contribution in [3.63, 3.8) is 0 Å². The van der Waals surface area contributed by atoms with Gasteiger partial charge >= 0.3 is 0 Å². The van der Waals surface area contributed by atoms with E-state index in [9.17, 15) is 9.90 Å². The molecule has 5 rings (SSSR count). The molecule has 2 aromatic carbocycles. The molecule has 182 valence electrons. The lowest BCUT2D eigenvalue weighted by Gasteiger charge is -2.51. The van der Waals surface area contributed by atoms with Gasteiger partial charge in [0.25, 0.3) is 5.91 Å². The average Bonchev–Trinajstić information content (AvgIpc) is 3.16. The number of aromatic nitrogens is 2. The van der Waals surface area contributed by atoms with Crippen LogP contribution in [0.3, 0.4) is 0 Å². The molecule has 0 saturated carbocycles. The number of anilines is 2. The maximum atomic E-state index is 15.6. The van der Waals surface area contributed by atoms with Gasteiger partial charge in [0.05, 0.1) is 46.9 Å². The summed E-state index contributed by atoms with van der Waals surface area (Å²) in [5, 5.41) is 17.8. The number of carbonyl (C=O) groups is 1. The van der Waals surface area contributed by atoms with E-state index in [1.54, 1.807) is 40.8 Å². The summed E-state index contributed by atoms with van der Waals surface area (Å²) in [5.74, 6) is -0.978. The Morgan fingerprint density at radius 3 is 2.79 bits per heavy atom. The van der Waals surface area contributed by atoms with Gasteiger partial charge in [0.15, 0.2) is 5.82 Å². The maximum Gasteiger partial charge on any atom is 0.256 e. The second-order valence-electron chi connectivity index (χ2n) is 8.85. The van der Waals surface area contributed by atoms with E-state index in [1.807, 2.05) is 0 Å². The van der Waals surface area contributed by atoms with Crippen molar-refractivity contribution in [3.8, 4) is 0 Å². The van der Waals surface area contributed by atoms with Crippen LogP contribution in [0.15, 0.2) is 35.1 Å². The van der Waals surface area contributed by atoms with Gasteiger partial charge in [-0.15, -0.1) is 12.4 Å². The first-order valence-electron chi connectivity index (χ1n) is 10.9. The first-order valence-corrected chi connectivity index (χ1v) is 12.0. The second-order valence-corrected chi connectivity index (χ2v) is 10.2. The maximum absolute atomic E-state index is 15.6. The third-order valence-corrected chi connectivity index (χ3v) is 7.36. The highest BCUT2D eigenvalue weighted by Crippen LogP contribution is 2.37. The fourth-order valence-electron chi connectivity index (χ4n) is 4.70. The van der Waals surface area contributed by atoms with Gasteiger partial charge in [-0.1, -0.05) is 34.0 Å². The van der Waals surface area contributed by atoms with Gasteiger partial charge in [-0.25, -0.2) is 9.37 Å². The molecule has 34 heavy (non-hydrogen) atoms. The van der Waals surface area contributed by atoms with Gasteiger partial charge < -0.3 is 25.2 Å². The third-order valence-electron chi connectivity index (χ3n) is 6.56. The van der Waals surface area contributed by atoms with Crippen LogP contribution in [-0.4, -0.2) is 56.7 Å². The molecule has 0 unspecified atom stereocenters. The highest BCUT2D eigenvalue weighted by molar-refractivity contribution is 9.10. The number of piperidine rings is 1. The number of hydrogen-bond acceptors (Lipinski definition) is 5. The molecule has 11 heteroatoms. The lowest BCUT2D eigenvalue weighted by molar-refractivity contribution is -0.108. The van der Waals surface area contributed by atoms with Crippen LogP contribution in [0.1, 0.15) is 29.6 Å². The van der Waals surface area contributed by atoms with E-state index < -0.39 is 11.4 Å². The Labute approximate surface area is 216 Å². The topological polar surface area (TPSA) is 82.4 Å². The summed E-state index contributed by atoms with van der Waals surface area (Å²) >= 11 is 9.70. The quantitative estimate of drug-likeness (QED) is 0.425. The lowest BCUT2D eigenvalue weighted by Crippen LogP contribution is -2.72. The van der Waals surface area contributed by atoms with E-state index in [0.29, 0.717) is 16.2 Å². The standard InChI is InChI=1S/C23H24BrClFN5O2.ClH/c1-30-12-28-21-17(30)9-14(20(19(21)26)29-16-6-5-13(24)8-15(16)25)22(32)31-10-23(33,11-31)18-4-2-3-7-27-18;/h5-6,8-9,12,18,27,29,33H,2-4,7,10-11H2,1H3;1H/t18-;/m0./s1. The number of nitrogens with zero attached hydrogens (tertiary/aromatic N) is 3. The van der Waals surface area contributed by atoms with Gasteiger partial charge in [0.2, 0.25) is 0 Å². The first-order chi connectivity index (χ1) is 15.8. The third kappa shape index (κ3) is 4.40. The normalized spacial score (nSPS) is 19.4. The molecule has 2 fully saturated rings. The monoisotopic (exact) mass is 571 g/mol. The number of aryl methyl sites for hydroxylation is 1. The number of rotatable bonds is 4. The van der Waals surface area contributed by atoms with E-state index in [2.05, 4.69) is 31.5 Å². The Balaban J connectivity index is 0.00000274. The highest BCUT2D eigenvalue weighted by atomic mass is 79.9. The number of likely N-dealkylation sites (tertiary alicyclic amines) is 1. The predicted molar refractivity (Wildman–Crippen MR) is 137 cm³/mol. The van der Waals surface area contributed by atoms with Crippen molar-refractivity contribution in [2.24, 2.45) is 7.05 Å². The van der Waals surface area contributed by atoms with Gasteiger partial charge in [0.1, 0.15) is 11.1 Å². The Bertz CT molecular complexity index is 1240. The number of aliphatic hydroxyl groups is 1. The summed E-state index contributed by atoms with van der Waals surface area (Å²) in [6.07, 6.45) is 4.53. The van der Waals surface area contributed by atoms with Crippen LogP contribution >= 0.6 is 39.9 Å². The molecule has 2 aliphatic rings. The van der Waals surface area contributed by atoms with Crippen LogP contribution in [0.25, 0.3) is 11.0 Å². The Morgan fingerprint density at radius 2 is 2.12 bits per heavy atom. The van der Waals surface area contributed by atoms with Crippen molar-refractivity contribution in [1.29, 1.82) is 0 Å². The first kappa shape index (κ1) is 25.2. The summed E-state index contributed by atoms with van der Waals surface area (Å²) in [4.78, 5) is 19.2. The van der Waals surface area contributed by atoms with Crippen molar-refractivity contribution in [1.82, 2.24) is 19.8 Å². The number of imidazole rings is 1. The zero-order chi connectivity index (χ0) is 23.3. The van der Waals surface area contributed by atoms with Crippen molar-refractivity contribution >= 4 is 68.3 Å². The van der Waals surface area contributed by atoms with Gasteiger partial charge in [0, 0.05) is 17.6 Å². The summed E-state index contributed by atoms with van der Waals surface area (Å²) in [5.41, 5.74) is 0.357. The molecule has 3 N–H and O–H groups in total. The van der Waals surface area contributed by atoms with E-state index in [-0.39, 0.29) is 54.2 Å². The zero-order valence-corrected chi connectivity index (χ0v) is 21.6. The number of nitrogens with one attached hydrogen (secondary N) is 2. The molecule has 1 atom stereocenters. The minimum atomic E-state index is -0.964. The largest absolute Gasteiger partial charge is 0.385 e. The van der Waals surface area contributed by atoms with Crippen LogP contribution < -0.4 is 10.6 Å². The summed E-state index contributed by atoms with van der Waals surface area (Å²) in [7, 11) is 1.75. The van der Waals surface area contributed by atoms with Crippen LogP contribution in [0.2, 0.25) is 5.02 Å².